The fraction of sp³-hybridized carbons (Fsp3) is 0.636. The summed E-state index contributed by atoms with van der Waals surface area (Å²) in [6, 6.07) is 1.96. The van der Waals surface area contributed by atoms with Gasteiger partial charge in [-0.1, -0.05) is 6.92 Å². The van der Waals surface area contributed by atoms with Gasteiger partial charge in [0.05, 0.1) is 0 Å². The van der Waals surface area contributed by atoms with Gasteiger partial charge in [-0.05, 0) is 40.6 Å². The van der Waals surface area contributed by atoms with E-state index in [1.807, 2.05) is 6.07 Å². The molecule has 1 aliphatic rings. The van der Waals surface area contributed by atoms with Crippen molar-refractivity contribution < 1.29 is 0 Å². The number of hydrogen-bond donors (Lipinski definition) is 0. The number of anilines is 1. The van der Waals surface area contributed by atoms with Crippen LogP contribution in [-0.4, -0.2) is 23.6 Å². The molecule has 0 atom stereocenters. The van der Waals surface area contributed by atoms with Gasteiger partial charge in [0.1, 0.15) is 16.7 Å². The molecular formula is C11H16BrN3. The van der Waals surface area contributed by atoms with Crippen LogP contribution in [0, 0.1) is 11.8 Å². The third kappa shape index (κ3) is 2.68. The second-order valence-electron chi connectivity index (χ2n) is 4.52. The van der Waals surface area contributed by atoms with Gasteiger partial charge in [-0.15, -0.1) is 0 Å². The average molecular weight is 270 g/mol. The lowest BCUT2D eigenvalue weighted by atomic mass is 9.76. The summed E-state index contributed by atoms with van der Waals surface area (Å²) >= 11 is 3.36. The van der Waals surface area contributed by atoms with Crippen molar-refractivity contribution in [2.24, 2.45) is 11.8 Å². The molecule has 1 aliphatic carbocycles. The van der Waals surface area contributed by atoms with E-state index in [9.17, 15) is 0 Å². The van der Waals surface area contributed by atoms with Crippen LogP contribution in [0.3, 0.4) is 0 Å². The van der Waals surface area contributed by atoms with Gasteiger partial charge in [0, 0.05) is 19.7 Å². The van der Waals surface area contributed by atoms with Crippen LogP contribution in [0.25, 0.3) is 0 Å². The second-order valence-corrected chi connectivity index (χ2v) is 5.33. The first kappa shape index (κ1) is 10.9. The summed E-state index contributed by atoms with van der Waals surface area (Å²) in [6.45, 7) is 3.42. The predicted molar refractivity (Wildman–Crippen MR) is 64.9 cm³/mol. The Morgan fingerprint density at radius 3 is 2.80 bits per heavy atom. The molecule has 1 fully saturated rings. The summed E-state index contributed by atoms with van der Waals surface area (Å²) in [6.07, 6.45) is 4.31. The molecule has 4 heteroatoms. The highest BCUT2D eigenvalue weighted by molar-refractivity contribution is 9.10. The van der Waals surface area contributed by atoms with E-state index in [1.54, 1.807) is 6.33 Å². The smallest absolute Gasteiger partial charge is 0.132 e. The number of halogens is 1. The molecule has 1 aromatic rings. The van der Waals surface area contributed by atoms with E-state index >= 15 is 0 Å². The van der Waals surface area contributed by atoms with Gasteiger partial charge in [-0.25, -0.2) is 9.97 Å². The van der Waals surface area contributed by atoms with Crippen molar-refractivity contribution in [1.29, 1.82) is 0 Å². The standard InChI is InChI=1S/C11H16BrN3/c1-8-3-9(4-8)6-15(2)11-5-10(12)13-7-14-11/h5,7-9H,3-4,6H2,1-2H3. The zero-order valence-corrected chi connectivity index (χ0v) is 10.7. The number of aromatic nitrogens is 2. The van der Waals surface area contributed by atoms with Gasteiger partial charge < -0.3 is 4.90 Å². The molecule has 15 heavy (non-hydrogen) atoms. The molecule has 0 spiro atoms. The van der Waals surface area contributed by atoms with E-state index in [0.717, 1.165) is 28.8 Å². The lowest BCUT2D eigenvalue weighted by Gasteiger charge is -2.35. The van der Waals surface area contributed by atoms with Crippen LogP contribution in [0.2, 0.25) is 0 Å². The van der Waals surface area contributed by atoms with Crippen LogP contribution in [0.15, 0.2) is 17.0 Å². The van der Waals surface area contributed by atoms with E-state index < -0.39 is 0 Å². The number of nitrogens with zero attached hydrogens (tertiary/aromatic N) is 3. The van der Waals surface area contributed by atoms with Gasteiger partial charge in [0.15, 0.2) is 0 Å². The summed E-state index contributed by atoms with van der Waals surface area (Å²) in [5, 5.41) is 0. The van der Waals surface area contributed by atoms with Crippen molar-refractivity contribution in [1.82, 2.24) is 9.97 Å². The van der Waals surface area contributed by atoms with Crippen molar-refractivity contribution in [3.8, 4) is 0 Å². The molecule has 0 aliphatic heterocycles. The molecule has 82 valence electrons. The van der Waals surface area contributed by atoms with Crippen molar-refractivity contribution in [3.05, 3.63) is 17.0 Å². The van der Waals surface area contributed by atoms with Crippen LogP contribution < -0.4 is 4.90 Å². The fourth-order valence-electron chi connectivity index (χ4n) is 2.23. The van der Waals surface area contributed by atoms with Crippen LogP contribution in [0.4, 0.5) is 5.82 Å². The Morgan fingerprint density at radius 1 is 1.47 bits per heavy atom. The molecule has 1 aromatic heterocycles. The van der Waals surface area contributed by atoms with Gasteiger partial charge in [-0.2, -0.15) is 0 Å². The van der Waals surface area contributed by atoms with E-state index in [2.05, 4.69) is 44.8 Å². The first-order valence-corrected chi connectivity index (χ1v) is 6.13. The molecule has 3 nitrogen and oxygen atoms in total. The third-order valence-corrected chi connectivity index (χ3v) is 3.45. The van der Waals surface area contributed by atoms with Crippen LogP contribution in [0.1, 0.15) is 19.8 Å². The van der Waals surface area contributed by atoms with E-state index in [0.29, 0.717) is 0 Å². The first-order valence-electron chi connectivity index (χ1n) is 5.34. The Kier molecular flexibility index (Phi) is 3.24. The lowest BCUT2D eigenvalue weighted by molar-refractivity contribution is 0.217. The quantitative estimate of drug-likeness (QED) is 0.791. The molecule has 0 amide bonds. The summed E-state index contributed by atoms with van der Waals surface area (Å²) in [5.74, 6) is 2.76. The minimum absolute atomic E-state index is 0.846. The minimum Gasteiger partial charge on any atom is -0.359 e. The predicted octanol–water partition coefficient (Wildman–Crippen LogP) is 2.72. The molecule has 1 saturated carbocycles. The summed E-state index contributed by atoms with van der Waals surface area (Å²) in [5.41, 5.74) is 0. The van der Waals surface area contributed by atoms with Gasteiger partial charge in [0.2, 0.25) is 0 Å². The van der Waals surface area contributed by atoms with Crippen LogP contribution in [0.5, 0.6) is 0 Å². The van der Waals surface area contributed by atoms with Gasteiger partial charge >= 0.3 is 0 Å². The maximum atomic E-state index is 4.25. The molecule has 0 N–H and O–H groups in total. The van der Waals surface area contributed by atoms with Crippen LogP contribution in [-0.2, 0) is 0 Å². The second kappa shape index (κ2) is 4.47. The van der Waals surface area contributed by atoms with Gasteiger partial charge in [-0.3, -0.25) is 0 Å². The Balaban J connectivity index is 1.93. The highest BCUT2D eigenvalue weighted by atomic mass is 79.9. The molecule has 0 saturated heterocycles. The van der Waals surface area contributed by atoms with Crippen molar-refractivity contribution in [3.63, 3.8) is 0 Å². The van der Waals surface area contributed by atoms with Gasteiger partial charge in [0.25, 0.3) is 0 Å². The van der Waals surface area contributed by atoms with Crippen molar-refractivity contribution >= 4 is 21.7 Å². The maximum absolute atomic E-state index is 4.25. The average Bonchev–Trinajstić information content (AvgIpc) is 2.15. The Morgan fingerprint density at radius 2 is 2.20 bits per heavy atom. The monoisotopic (exact) mass is 269 g/mol. The van der Waals surface area contributed by atoms with Crippen molar-refractivity contribution in [2.75, 3.05) is 18.5 Å². The minimum atomic E-state index is 0.846. The molecular weight excluding hydrogens is 254 g/mol. The molecule has 2 rings (SSSR count). The Hall–Kier alpha value is -0.640. The summed E-state index contributed by atoms with van der Waals surface area (Å²) in [4.78, 5) is 10.5. The fourth-order valence-corrected chi connectivity index (χ4v) is 2.53. The molecule has 0 bridgehead atoms. The zero-order chi connectivity index (χ0) is 10.8. The molecule has 0 radical (unpaired) electrons. The van der Waals surface area contributed by atoms with Crippen molar-refractivity contribution in [2.45, 2.75) is 19.8 Å². The Labute approximate surface area is 99.0 Å². The largest absolute Gasteiger partial charge is 0.359 e. The van der Waals surface area contributed by atoms with E-state index in [4.69, 9.17) is 0 Å². The summed E-state index contributed by atoms with van der Waals surface area (Å²) < 4.78 is 0.848. The van der Waals surface area contributed by atoms with E-state index in [1.165, 1.54) is 12.8 Å². The lowest BCUT2D eigenvalue weighted by Crippen LogP contribution is -2.33. The normalized spacial score (nSPS) is 24.7. The SMILES string of the molecule is CC1CC(CN(C)c2cc(Br)ncn2)C1. The highest BCUT2D eigenvalue weighted by Gasteiger charge is 2.26. The first-order chi connectivity index (χ1) is 7.15. The molecule has 0 unspecified atom stereocenters. The van der Waals surface area contributed by atoms with Crippen LogP contribution >= 0.6 is 15.9 Å². The number of hydrogen-bond acceptors (Lipinski definition) is 3. The maximum Gasteiger partial charge on any atom is 0.132 e. The molecule has 1 heterocycles. The third-order valence-electron chi connectivity index (χ3n) is 3.01. The molecule has 0 aromatic carbocycles. The zero-order valence-electron chi connectivity index (χ0n) is 9.15. The summed E-state index contributed by atoms with van der Waals surface area (Å²) in [7, 11) is 2.10. The number of rotatable bonds is 3. The topological polar surface area (TPSA) is 29.0 Å². The Bertz CT molecular complexity index is 336. The van der Waals surface area contributed by atoms with E-state index in [-0.39, 0.29) is 0 Å². The highest BCUT2D eigenvalue weighted by Crippen LogP contribution is 2.33.